The molecule has 1 fully saturated rings. The Morgan fingerprint density at radius 2 is 2.00 bits per heavy atom. The average molecular weight is 282 g/mol. The second kappa shape index (κ2) is 5.21. The van der Waals surface area contributed by atoms with Crippen molar-refractivity contribution in [3.8, 4) is 0 Å². The summed E-state index contributed by atoms with van der Waals surface area (Å²) >= 11 is 0. The monoisotopic (exact) mass is 282 g/mol. The molecule has 0 aromatic heterocycles. The molecule has 1 aliphatic rings. The van der Waals surface area contributed by atoms with Crippen LogP contribution in [0.4, 0.5) is 5.69 Å². The molecule has 1 aliphatic heterocycles. The van der Waals surface area contributed by atoms with E-state index in [-0.39, 0.29) is 23.5 Å². The number of carbonyl (C=O) groups is 1. The van der Waals surface area contributed by atoms with Crippen molar-refractivity contribution in [3.05, 3.63) is 29.8 Å². The van der Waals surface area contributed by atoms with Gasteiger partial charge in [0.15, 0.2) is 9.84 Å². The Morgan fingerprint density at radius 3 is 2.58 bits per heavy atom. The molecule has 6 heteroatoms. The van der Waals surface area contributed by atoms with Crippen molar-refractivity contribution >= 4 is 21.4 Å². The third-order valence-corrected chi connectivity index (χ3v) is 4.92. The van der Waals surface area contributed by atoms with Gasteiger partial charge in [-0.05, 0) is 18.6 Å². The van der Waals surface area contributed by atoms with Gasteiger partial charge in [-0.15, -0.1) is 0 Å². The first-order valence-electron chi connectivity index (χ1n) is 6.17. The van der Waals surface area contributed by atoms with E-state index in [1.807, 2.05) is 12.1 Å². The smallest absolute Gasteiger partial charge is 0.255 e. The number of carbonyl (C=O) groups excluding carboxylic acids is 1. The van der Waals surface area contributed by atoms with Crippen molar-refractivity contribution in [2.24, 2.45) is 0 Å². The Labute approximate surface area is 113 Å². The lowest BCUT2D eigenvalue weighted by Crippen LogP contribution is -2.26. The third kappa shape index (κ3) is 3.26. The number of nitrogens with one attached hydrogen (secondary N) is 1. The minimum Gasteiger partial charge on any atom is -0.381 e. The number of benzene rings is 1. The summed E-state index contributed by atoms with van der Waals surface area (Å²) in [5, 5.41) is 3.17. The molecule has 0 radical (unpaired) electrons. The van der Waals surface area contributed by atoms with Gasteiger partial charge in [0.2, 0.25) is 0 Å². The molecular formula is C13H18N2O3S. The van der Waals surface area contributed by atoms with Crippen molar-refractivity contribution in [1.82, 2.24) is 4.90 Å². The van der Waals surface area contributed by atoms with Crippen molar-refractivity contribution in [2.75, 3.05) is 30.9 Å². The Hall–Kier alpha value is -1.56. The molecule has 5 nitrogen and oxygen atoms in total. The lowest BCUT2D eigenvalue weighted by molar-refractivity contribution is 0.0828. The van der Waals surface area contributed by atoms with Crippen LogP contribution < -0.4 is 5.32 Å². The maximum Gasteiger partial charge on any atom is 0.255 e. The summed E-state index contributed by atoms with van der Waals surface area (Å²) < 4.78 is 22.9. The average Bonchev–Trinajstić information content (AvgIpc) is 2.68. The van der Waals surface area contributed by atoms with Crippen LogP contribution in [0, 0.1) is 0 Å². The van der Waals surface area contributed by atoms with Gasteiger partial charge < -0.3 is 10.2 Å². The van der Waals surface area contributed by atoms with E-state index in [2.05, 4.69) is 5.32 Å². The van der Waals surface area contributed by atoms with E-state index in [4.69, 9.17) is 0 Å². The van der Waals surface area contributed by atoms with E-state index in [1.165, 1.54) is 4.90 Å². The van der Waals surface area contributed by atoms with Gasteiger partial charge in [0, 0.05) is 25.8 Å². The largest absolute Gasteiger partial charge is 0.381 e. The molecule has 2 rings (SSSR count). The first-order valence-corrected chi connectivity index (χ1v) is 7.99. The molecule has 1 amide bonds. The number of hydrogen-bond donors (Lipinski definition) is 1. The zero-order chi connectivity index (χ0) is 14.0. The molecule has 1 aromatic carbocycles. The molecule has 0 bridgehead atoms. The van der Waals surface area contributed by atoms with Gasteiger partial charge in [0.25, 0.3) is 5.91 Å². The van der Waals surface area contributed by atoms with E-state index in [9.17, 15) is 13.2 Å². The summed E-state index contributed by atoms with van der Waals surface area (Å²) in [5.74, 6) is 0.260. The highest BCUT2D eigenvalue weighted by atomic mass is 32.2. The van der Waals surface area contributed by atoms with Crippen molar-refractivity contribution in [3.63, 3.8) is 0 Å². The Balaban J connectivity index is 2.19. The molecule has 19 heavy (non-hydrogen) atoms. The van der Waals surface area contributed by atoms with E-state index < -0.39 is 9.84 Å². The van der Waals surface area contributed by atoms with Crippen LogP contribution in [-0.2, 0) is 9.84 Å². The summed E-state index contributed by atoms with van der Waals surface area (Å²) in [6.07, 6.45) is 0.590. The lowest BCUT2D eigenvalue weighted by atomic mass is 10.1. The first kappa shape index (κ1) is 13.9. The number of rotatable bonds is 3. The molecule has 1 atom stereocenters. The van der Waals surface area contributed by atoms with Gasteiger partial charge in [-0.2, -0.15) is 0 Å². The van der Waals surface area contributed by atoms with Crippen LogP contribution in [0.25, 0.3) is 0 Å². The van der Waals surface area contributed by atoms with E-state index >= 15 is 0 Å². The van der Waals surface area contributed by atoms with Crippen LogP contribution in [-0.4, -0.2) is 50.9 Å². The van der Waals surface area contributed by atoms with Crippen LogP contribution in [0.3, 0.4) is 0 Å². The molecule has 1 unspecified atom stereocenters. The van der Waals surface area contributed by atoms with Gasteiger partial charge in [-0.1, -0.05) is 12.1 Å². The van der Waals surface area contributed by atoms with Crippen LogP contribution in [0.15, 0.2) is 24.3 Å². The second-order valence-electron chi connectivity index (χ2n) is 4.99. The van der Waals surface area contributed by atoms with Crippen LogP contribution >= 0.6 is 0 Å². The summed E-state index contributed by atoms with van der Waals surface area (Å²) in [6, 6.07) is 7.07. The van der Waals surface area contributed by atoms with Crippen LogP contribution in [0.5, 0.6) is 0 Å². The van der Waals surface area contributed by atoms with E-state index in [0.29, 0.717) is 17.7 Å². The predicted molar refractivity (Wildman–Crippen MR) is 75.1 cm³/mol. The van der Waals surface area contributed by atoms with Gasteiger partial charge in [-0.3, -0.25) is 4.79 Å². The summed E-state index contributed by atoms with van der Waals surface area (Å²) in [6.45, 7) is 0. The highest BCUT2D eigenvalue weighted by molar-refractivity contribution is 7.91. The topological polar surface area (TPSA) is 66.5 Å². The molecule has 1 aromatic rings. The Kier molecular flexibility index (Phi) is 3.80. The molecule has 104 valence electrons. The molecular weight excluding hydrogens is 264 g/mol. The fourth-order valence-corrected chi connectivity index (χ4v) is 3.84. The van der Waals surface area contributed by atoms with Crippen molar-refractivity contribution in [2.45, 2.75) is 12.5 Å². The minimum absolute atomic E-state index is 0.0936. The predicted octanol–water partition coefficient (Wildman–Crippen LogP) is 0.987. The second-order valence-corrected chi connectivity index (χ2v) is 7.22. The van der Waals surface area contributed by atoms with E-state index in [0.717, 1.165) is 0 Å². The fourth-order valence-electron chi connectivity index (χ4n) is 2.17. The first-order chi connectivity index (χ1) is 8.89. The van der Waals surface area contributed by atoms with Gasteiger partial charge in [-0.25, -0.2) is 8.42 Å². The number of para-hydroxylation sites is 1. The molecule has 0 aliphatic carbocycles. The summed E-state index contributed by atoms with van der Waals surface area (Å²) in [5.41, 5.74) is 1.26. The molecule has 0 saturated carbocycles. The standard InChI is InChI=1S/C13H18N2O3S/c1-15(2)13(16)11-5-3-4-6-12(11)14-10-7-8-19(17,18)9-10/h3-6,10,14H,7-9H2,1-2H3. The minimum atomic E-state index is -2.92. The quantitative estimate of drug-likeness (QED) is 0.897. The lowest BCUT2D eigenvalue weighted by Gasteiger charge is -2.18. The fraction of sp³-hybridized carbons (Fsp3) is 0.462. The van der Waals surface area contributed by atoms with Gasteiger partial charge in [0.05, 0.1) is 17.1 Å². The SMILES string of the molecule is CN(C)C(=O)c1ccccc1NC1CCS(=O)(=O)C1. The van der Waals surface area contributed by atoms with Gasteiger partial charge in [0.1, 0.15) is 0 Å². The number of anilines is 1. The van der Waals surface area contributed by atoms with Crippen molar-refractivity contribution in [1.29, 1.82) is 0 Å². The van der Waals surface area contributed by atoms with Crippen LogP contribution in [0.1, 0.15) is 16.8 Å². The number of hydrogen-bond acceptors (Lipinski definition) is 4. The highest BCUT2D eigenvalue weighted by Crippen LogP contribution is 2.21. The summed E-state index contributed by atoms with van der Waals surface area (Å²) in [4.78, 5) is 13.5. The maximum atomic E-state index is 12.0. The van der Waals surface area contributed by atoms with E-state index in [1.54, 1.807) is 26.2 Å². The Morgan fingerprint density at radius 1 is 1.32 bits per heavy atom. The zero-order valence-corrected chi connectivity index (χ0v) is 11.9. The van der Waals surface area contributed by atoms with Gasteiger partial charge >= 0.3 is 0 Å². The molecule has 1 heterocycles. The normalized spacial score (nSPS) is 21.1. The third-order valence-electron chi connectivity index (χ3n) is 3.16. The molecule has 1 saturated heterocycles. The molecule has 1 N–H and O–H groups in total. The zero-order valence-electron chi connectivity index (χ0n) is 11.1. The van der Waals surface area contributed by atoms with Crippen LogP contribution in [0.2, 0.25) is 0 Å². The molecule has 0 spiro atoms. The number of nitrogens with zero attached hydrogens (tertiary/aromatic N) is 1. The number of amides is 1. The van der Waals surface area contributed by atoms with Crippen molar-refractivity contribution < 1.29 is 13.2 Å². The maximum absolute atomic E-state index is 12.0. The summed E-state index contributed by atoms with van der Waals surface area (Å²) in [7, 11) is 0.464. The Bertz CT molecular complexity index is 581. The highest BCUT2D eigenvalue weighted by Gasteiger charge is 2.28. The number of sulfone groups is 1.